The highest BCUT2D eigenvalue weighted by atomic mass is 19.4. The molecule has 0 bridgehead atoms. The van der Waals surface area contributed by atoms with Crippen LogP contribution < -0.4 is 5.32 Å². The molecule has 1 amide bonds. The number of ether oxygens (including phenoxy) is 1. The lowest BCUT2D eigenvalue weighted by Gasteiger charge is -2.31. The highest BCUT2D eigenvalue weighted by molar-refractivity contribution is 5.98. The van der Waals surface area contributed by atoms with E-state index in [2.05, 4.69) is 5.32 Å². The molecule has 2 unspecified atom stereocenters. The van der Waals surface area contributed by atoms with Gasteiger partial charge in [-0.05, 0) is 44.2 Å². The van der Waals surface area contributed by atoms with Crippen molar-refractivity contribution < 1.29 is 27.5 Å². The van der Waals surface area contributed by atoms with E-state index in [1.165, 1.54) is 12.1 Å². The summed E-state index contributed by atoms with van der Waals surface area (Å²) in [6, 6.07) is 4.26. The molecule has 2 aliphatic rings. The van der Waals surface area contributed by atoms with E-state index >= 15 is 0 Å². The van der Waals surface area contributed by atoms with Crippen LogP contribution in [0.1, 0.15) is 60.9 Å². The predicted molar refractivity (Wildman–Crippen MR) is 88.7 cm³/mol. The van der Waals surface area contributed by atoms with Crippen LogP contribution in [0.5, 0.6) is 0 Å². The molecule has 1 N–H and O–H groups in total. The fourth-order valence-corrected chi connectivity index (χ4v) is 3.94. The van der Waals surface area contributed by atoms with Gasteiger partial charge in [0.25, 0.3) is 0 Å². The van der Waals surface area contributed by atoms with Crippen LogP contribution in [0.25, 0.3) is 0 Å². The van der Waals surface area contributed by atoms with Crippen molar-refractivity contribution in [2.24, 2.45) is 0 Å². The van der Waals surface area contributed by atoms with Crippen LogP contribution in [0.4, 0.5) is 13.2 Å². The summed E-state index contributed by atoms with van der Waals surface area (Å²) in [6.45, 7) is 0.709. The number of amides is 1. The maximum Gasteiger partial charge on any atom is 0.416 e. The molecule has 2 fully saturated rings. The van der Waals surface area contributed by atoms with Crippen molar-refractivity contribution in [3.63, 3.8) is 0 Å². The summed E-state index contributed by atoms with van der Waals surface area (Å²) in [6.07, 6.45) is 0.0468. The number of nitrogens with one attached hydrogen (secondary N) is 1. The quantitative estimate of drug-likeness (QED) is 0.802. The monoisotopic (exact) mass is 369 g/mol. The SMILES string of the molecule is O=C(CCC(=O)c1cccc(C(F)(F)F)c1)NC1CCCC12CCCO2. The number of alkyl halides is 3. The van der Waals surface area contributed by atoms with E-state index in [-0.39, 0.29) is 36.0 Å². The van der Waals surface area contributed by atoms with Crippen molar-refractivity contribution in [1.29, 1.82) is 0 Å². The van der Waals surface area contributed by atoms with Crippen LogP contribution in [0, 0.1) is 0 Å². The molecule has 0 radical (unpaired) electrons. The molecule has 1 aromatic carbocycles. The molecule has 7 heteroatoms. The number of rotatable bonds is 5. The zero-order valence-corrected chi connectivity index (χ0v) is 14.4. The summed E-state index contributed by atoms with van der Waals surface area (Å²) in [5, 5.41) is 2.96. The van der Waals surface area contributed by atoms with Gasteiger partial charge in [-0.2, -0.15) is 13.2 Å². The molecule has 1 aliphatic carbocycles. The zero-order valence-electron chi connectivity index (χ0n) is 14.4. The topological polar surface area (TPSA) is 55.4 Å². The maximum atomic E-state index is 12.7. The minimum atomic E-state index is -4.49. The second kappa shape index (κ2) is 7.39. The zero-order chi connectivity index (χ0) is 18.8. The molecular formula is C19H22F3NO3. The van der Waals surface area contributed by atoms with E-state index < -0.39 is 17.5 Å². The van der Waals surface area contributed by atoms with E-state index in [0.29, 0.717) is 6.61 Å². The molecule has 142 valence electrons. The first-order valence-corrected chi connectivity index (χ1v) is 8.94. The van der Waals surface area contributed by atoms with Gasteiger partial charge in [-0.15, -0.1) is 0 Å². The molecule has 1 aliphatic heterocycles. The molecule has 1 spiro atoms. The molecule has 3 rings (SSSR count). The molecule has 0 aromatic heterocycles. The lowest BCUT2D eigenvalue weighted by molar-refractivity contribution is -0.137. The van der Waals surface area contributed by atoms with Crippen LogP contribution in [0.15, 0.2) is 24.3 Å². The first-order valence-electron chi connectivity index (χ1n) is 8.94. The highest BCUT2D eigenvalue weighted by Gasteiger charge is 2.46. The van der Waals surface area contributed by atoms with Gasteiger partial charge in [0.05, 0.1) is 17.2 Å². The van der Waals surface area contributed by atoms with Crippen molar-refractivity contribution >= 4 is 11.7 Å². The second-order valence-electron chi connectivity index (χ2n) is 7.03. The van der Waals surface area contributed by atoms with Gasteiger partial charge >= 0.3 is 6.18 Å². The van der Waals surface area contributed by atoms with Crippen LogP contribution in [-0.4, -0.2) is 29.9 Å². The summed E-state index contributed by atoms with van der Waals surface area (Å²) in [4.78, 5) is 24.3. The lowest BCUT2D eigenvalue weighted by atomic mass is 9.94. The van der Waals surface area contributed by atoms with Crippen LogP contribution in [-0.2, 0) is 15.7 Å². The number of halogens is 3. The Balaban J connectivity index is 1.54. The molecule has 4 nitrogen and oxygen atoms in total. The van der Waals surface area contributed by atoms with Gasteiger partial charge in [0, 0.05) is 25.0 Å². The Hall–Kier alpha value is -1.89. The number of carbonyl (C=O) groups excluding carboxylic acids is 2. The molecular weight excluding hydrogens is 347 g/mol. The molecule has 2 atom stereocenters. The Kier molecular flexibility index (Phi) is 5.37. The highest BCUT2D eigenvalue weighted by Crippen LogP contribution is 2.41. The maximum absolute atomic E-state index is 12.7. The Morgan fingerprint density at radius 1 is 1.19 bits per heavy atom. The van der Waals surface area contributed by atoms with E-state index in [0.717, 1.165) is 44.2 Å². The van der Waals surface area contributed by atoms with E-state index in [4.69, 9.17) is 4.74 Å². The van der Waals surface area contributed by atoms with Gasteiger partial charge in [-0.3, -0.25) is 9.59 Å². The molecule has 26 heavy (non-hydrogen) atoms. The first-order chi connectivity index (χ1) is 12.3. The Morgan fingerprint density at radius 3 is 2.65 bits per heavy atom. The number of carbonyl (C=O) groups is 2. The minimum absolute atomic E-state index is 0.0240. The normalized spacial score (nSPS) is 25.6. The van der Waals surface area contributed by atoms with Crippen LogP contribution >= 0.6 is 0 Å². The van der Waals surface area contributed by atoms with Gasteiger partial charge in [0.15, 0.2) is 5.78 Å². The Labute approximate surface area is 150 Å². The third kappa shape index (κ3) is 4.09. The molecule has 1 saturated heterocycles. The average molecular weight is 369 g/mol. The molecule has 1 heterocycles. The summed E-state index contributed by atoms with van der Waals surface area (Å²) in [5.41, 5.74) is -1.15. The third-order valence-electron chi connectivity index (χ3n) is 5.29. The average Bonchev–Trinajstić information content (AvgIpc) is 3.23. The molecule has 1 saturated carbocycles. The van der Waals surface area contributed by atoms with Crippen molar-refractivity contribution in [1.82, 2.24) is 5.32 Å². The van der Waals surface area contributed by atoms with Crippen LogP contribution in [0.2, 0.25) is 0 Å². The summed E-state index contributed by atoms with van der Waals surface area (Å²) in [5.74, 6) is -0.725. The fraction of sp³-hybridized carbons (Fsp3) is 0.579. The number of hydrogen-bond donors (Lipinski definition) is 1. The van der Waals surface area contributed by atoms with Crippen molar-refractivity contribution in [2.45, 2.75) is 62.8 Å². The van der Waals surface area contributed by atoms with Gasteiger partial charge in [0.1, 0.15) is 0 Å². The van der Waals surface area contributed by atoms with Crippen molar-refractivity contribution in [3.8, 4) is 0 Å². The molecule has 1 aromatic rings. The summed E-state index contributed by atoms with van der Waals surface area (Å²) < 4.78 is 44.1. The van der Waals surface area contributed by atoms with Gasteiger partial charge in [0.2, 0.25) is 5.91 Å². The van der Waals surface area contributed by atoms with Crippen LogP contribution in [0.3, 0.4) is 0 Å². The predicted octanol–water partition coefficient (Wildman–Crippen LogP) is 3.89. The number of ketones is 1. The van der Waals surface area contributed by atoms with E-state index in [9.17, 15) is 22.8 Å². The standard InChI is InChI=1S/C19H22F3NO3/c20-19(21,22)14-5-1-4-13(12-14)15(24)7-8-17(25)23-16-6-2-9-18(16)10-3-11-26-18/h1,4-5,12,16H,2-3,6-11H2,(H,23,25). The van der Waals surface area contributed by atoms with E-state index in [1.807, 2.05) is 0 Å². The van der Waals surface area contributed by atoms with Gasteiger partial charge in [-0.25, -0.2) is 0 Å². The summed E-state index contributed by atoms with van der Waals surface area (Å²) >= 11 is 0. The third-order valence-corrected chi connectivity index (χ3v) is 5.29. The Morgan fingerprint density at radius 2 is 1.96 bits per heavy atom. The largest absolute Gasteiger partial charge is 0.416 e. The van der Waals surface area contributed by atoms with Gasteiger partial charge in [-0.1, -0.05) is 12.1 Å². The summed E-state index contributed by atoms with van der Waals surface area (Å²) in [7, 11) is 0. The smallest absolute Gasteiger partial charge is 0.373 e. The van der Waals surface area contributed by atoms with Gasteiger partial charge < -0.3 is 10.1 Å². The first kappa shape index (κ1) is 18.9. The second-order valence-corrected chi connectivity index (χ2v) is 7.03. The van der Waals surface area contributed by atoms with Crippen molar-refractivity contribution in [2.75, 3.05) is 6.61 Å². The lowest BCUT2D eigenvalue weighted by Crippen LogP contribution is -2.48. The number of hydrogen-bond acceptors (Lipinski definition) is 3. The van der Waals surface area contributed by atoms with Crippen molar-refractivity contribution in [3.05, 3.63) is 35.4 Å². The number of benzene rings is 1. The number of Topliss-reactive ketones (excluding diaryl/α,β-unsaturated/α-hetero) is 1. The minimum Gasteiger partial charge on any atom is -0.373 e. The fourth-order valence-electron chi connectivity index (χ4n) is 3.94. The Bertz CT molecular complexity index is 675. The van der Waals surface area contributed by atoms with E-state index in [1.54, 1.807) is 0 Å².